The number of alkyl halides is 3. The van der Waals surface area contributed by atoms with Crippen molar-refractivity contribution in [1.82, 2.24) is 19.8 Å². The molecule has 1 aliphatic rings. The molecule has 1 aromatic heterocycles. The van der Waals surface area contributed by atoms with Gasteiger partial charge in [-0.15, -0.1) is 13.2 Å². The van der Waals surface area contributed by atoms with E-state index in [-0.39, 0.29) is 63.4 Å². The SMILES string of the molecule is CCS(=O)(=O)c1ccc(Cl)cc1Cn1cnc2cc(CN3CC[C@@H](NC(=O)O)C3)c(OC(F)(F)F)cc2c1=O. The molecular weight excluding hydrogens is 565 g/mol. The molecule has 2 N–H and O–H groups in total. The molecular formula is C24H24ClF3N4O6S. The van der Waals surface area contributed by atoms with Crippen molar-refractivity contribution >= 4 is 38.4 Å². The normalized spacial score (nSPS) is 16.5. The zero-order valence-electron chi connectivity index (χ0n) is 20.5. The van der Waals surface area contributed by atoms with Crippen molar-refractivity contribution in [2.75, 3.05) is 18.8 Å². The molecule has 0 unspecified atom stereocenters. The number of hydrogen-bond acceptors (Lipinski definition) is 7. The van der Waals surface area contributed by atoms with E-state index in [0.29, 0.717) is 13.0 Å². The van der Waals surface area contributed by atoms with Gasteiger partial charge < -0.3 is 15.2 Å². The van der Waals surface area contributed by atoms with Crippen LogP contribution in [0.1, 0.15) is 24.5 Å². The third-order valence-corrected chi connectivity index (χ3v) is 8.37. The Bertz CT molecular complexity index is 1580. The molecule has 0 bridgehead atoms. The number of benzene rings is 2. The van der Waals surface area contributed by atoms with Crippen LogP contribution in [0.2, 0.25) is 5.02 Å². The summed E-state index contributed by atoms with van der Waals surface area (Å²) in [5, 5.41) is 11.4. The number of likely N-dealkylation sites (tertiary alicyclic amines) is 1. The summed E-state index contributed by atoms with van der Waals surface area (Å²) < 4.78 is 70.2. The van der Waals surface area contributed by atoms with Gasteiger partial charge in [-0.2, -0.15) is 0 Å². The molecule has 2 heterocycles. The molecule has 1 saturated heterocycles. The maximum absolute atomic E-state index is 13.3. The van der Waals surface area contributed by atoms with Gasteiger partial charge in [0.25, 0.3) is 5.56 Å². The lowest BCUT2D eigenvalue weighted by Gasteiger charge is -2.20. The molecule has 2 aromatic carbocycles. The number of sulfone groups is 1. The van der Waals surface area contributed by atoms with Crippen LogP contribution in [0.3, 0.4) is 0 Å². The molecule has 3 aromatic rings. The molecule has 1 aliphatic heterocycles. The van der Waals surface area contributed by atoms with Crippen LogP contribution in [-0.4, -0.2) is 65.3 Å². The van der Waals surface area contributed by atoms with Gasteiger partial charge >= 0.3 is 12.5 Å². The summed E-state index contributed by atoms with van der Waals surface area (Å²) in [7, 11) is -3.66. The summed E-state index contributed by atoms with van der Waals surface area (Å²) in [5.74, 6) is -0.768. The Hall–Kier alpha value is -3.36. The van der Waals surface area contributed by atoms with Crippen LogP contribution in [0, 0.1) is 0 Å². The van der Waals surface area contributed by atoms with Gasteiger partial charge in [0, 0.05) is 36.3 Å². The van der Waals surface area contributed by atoms with Gasteiger partial charge in [0.15, 0.2) is 9.84 Å². The topological polar surface area (TPSA) is 131 Å². The average Bonchev–Trinajstić information content (AvgIpc) is 3.26. The van der Waals surface area contributed by atoms with Crippen molar-refractivity contribution in [2.24, 2.45) is 0 Å². The molecule has 0 spiro atoms. The summed E-state index contributed by atoms with van der Waals surface area (Å²) in [5.41, 5.74) is -0.237. The number of carbonyl (C=O) groups is 1. The minimum Gasteiger partial charge on any atom is -0.465 e. The molecule has 1 atom stereocenters. The number of fused-ring (bicyclic) bond motifs is 1. The molecule has 10 nitrogen and oxygen atoms in total. The first-order valence-electron chi connectivity index (χ1n) is 11.8. The Kier molecular flexibility index (Phi) is 8.09. The van der Waals surface area contributed by atoms with E-state index in [1.807, 2.05) is 0 Å². The second kappa shape index (κ2) is 11.0. The van der Waals surface area contributed by atoms with Crippen LogP contribution >= 0.6 is 11.6 Å². The van der Waals surface area contributed by atoms with E-state index in [1.165, 1.54) is 37.5 Å². The number of rotatable bonds is 8. The van der Waals surface area contributed by atoms with E-state index in [9.17, 15) is 31.2 Å². The largest absolute Gasteiger partial charge is 0.573 e. The Morgan fingerprint density at radius 3 is 2.64 bits per heavy atom. The Morgan fingerprint density at radius 2 is 1.97 bits per heavy atom. The second-order valence-electron chi connectivity index (χ2n) is 9.03. The van der Waals surface area contributed by atoms with E-state index < -0.39 is 33.6 Å². The highest BCUT2D eigenvalue weighted by atomic mass is 35.5. The van der Waals surface area contributed by atoms with Crippen LogP contribution in [0.25, 0.3) is 10.9 Å². The fourth-order valence-electron chi connectivity index (χ4n) is 4.51. The zero-order chi connectivity index (χ0) is 28.5. The Labute approximate surface area is 225 Å². The molecule has 1 fully saturated rings. The van der Waals surface area contributed by atoms with E-state index in [4.69, 9.17) is 16.7 Å². The second-order valence-corrected chi connectivity index (χ2v) is 11.7. The Morgan fingerprint density at radius 1 is 1.23 bits per heavy atom. The van der Waals surface area contributed by atoms with Crippen molar-refractivity contribution in [2.45, 2.75) is 43.7 Å². The van der Waals surface area contributed by atoms with Crippen molar-refractivity contribution in [3.05, 3.63) is 63.2 Å². The Balaban J connectivity index is 1.72. The van der Waals surface area contributed by atoms with Gasteiger partial charge in [0.1, 0.15) is 5.75 Å². The number of nitrogens with one attached hydrogen (secondary N) is 1. The average molecular weight is 589 g/mol. The first kappa shape index (κ1) is 28.6. The quantitative estimate of drug-likeness (QED) is 0.408. The van der Waals surface area contributed by atoms with Crippen LogP contribution in [0.15, 0.2) is 46.3 Å². The van der Waals surface area contributed by atoms with Gasteiger partial charge in [0.05, 0.1) is 34.4 Å². The zero-order valence-corrected chi connectivity index (χ0v) is 22.1. The summed E-state index contributed by atoms with van der Waals surface area (Å²) in [6.07, 6.45) is -4.56. The van der Waals surface area contributed by atoms with E-state index in [0.717, 1.165) is 10.6 Å². The lowest BCUT2D eigenvalue weighted by molar-refractivity contribution is -0.274. The maximum Gasteiger partial charge on any atom is 0.573 e. The summed E-state index contributed by atoms with van der Waals surface area (Å²) >= 11 is 6.06. The standard InChI is InChI=1S/C24H24ClF3N4O6S/c1-2-39(36,37)21-4-3-16(25)7-15(21)11-32-13-29-19-8-14(10-31-6-5-17(12-31)30-23(34)35)20(38-24(26,27)28)9-18(19)22(32)33/h3-4,7-9,13,17,30H,2,5-6,10-12H2,1H3,(H,34,35)/t17-/m1/s1. The molecule has 1 amide bonds. The van der Waals surface area contributed by atoms with Crippen LogP contribution in [0.4, 0.5) is 18.0 Å². The molecule has 0 saturated carbocycles. The number of nitrogens with zero attached hydrogens (tertiary/aromatic N) is 3. The highest BCUT2D eigenvalue weighted by molar-refractivity contribution is 7.91. The lowest BCUT2D eigenvalue weighted by Crippen LogP contribution is -2.35. The molecule has 15 heteroatoms. The van der Waals surface area contributed by atoms with Crippen molar-refractivity contribution in [1.29, 1.82) is 0 Å². The highest BCUT2D eigenvalue weighted by Crippen LogP contribution is 2.31. The van der Waals surface area contributed by atoms with Crippen LogP contribution < -0.4 is 15.6 Å². The predicted molar refractivity (Wildman–Crippen MR) is 136 cm³/mol. The van der Waals surface area contributed by atoms with Crippen molar-refractivity contribution in [3.8, 4) is 5.75 Å². The summed E-state index contributed by atoms with van der Waals surface area (Å²) in [6, 6.07) is 6.09. The molecule has 39 heavy (non-hydrogen) atoms. The number of amides is 1. The number of aromatic nitrogens is 2. The first-order chi connectivity index (χ1) is 18.3. The van der Waals surface area contributed by atoms with Crippen molar-refractivity contribution < 1.29 is 36.2 Å². The van der Waals surface area contributed by atoms with Crippen molar-refractivity contribution in [3.63, 3.8) is 0 Å². The molecule has 0 aliphatic carbocycles. The first-order valence-corrected chi connectivity index (χ1v) is 13.8. The minimum absolute atomic E-state index is 0.00463. The van der Waals surface area contributed by atoms with Crippen LogP contribution in [0.5, 0.6) is 5.75 Å². The third kappa shape index (κ3) is 6.81. The maximum atomic E-state index is 13.3. The molecule has 210 valence electrons. The highest BCUT2D eigenvalue weighted by Gasteiger charge is 2.33. The van der Waals surface area contributed by atoms with Crippen LogP contribution in [-0.2, 0) is 22.9 Å². The smallest absolute Gasteiger partial charge is 0.465 e. The monoisotopic (exact) mass is 588 g/mol. The third-order valence-electron chi connectivity index (χ3n) is 6.30. The van der Waals surface area contributed by atoms with Gasteiger partial charge in [-0.25, -0.2) is 18.2 Å². The van der Waals surface area contributed by atoms with Gasteiger partial charge in [-0.1, -0.05) is 18.5 Å². The van der Waals surface area contributed by atoms with Gasteiger partial charge in [-0.3, -0.25) is 14.3 Å². The predicted octanol–water partition coefficient (Wildman–Crippen LogP) is 3.63. The summed E-state index contributed by atoms with van der Waals surface area (Å²) in [6.45, 7) is 1.96. The molecule has 4 rings (SSSR count). The number of hydrogen-bond donors (Lipinski definition) is 2. The number of ether oxygens (including phenoxy) is 1. The van der Waals surface area contributed by atoms with E-state index >= 15 is 0 Å². The number of carboxylic acid groups (broad SMARTS) is 1. The minimum atomic E-state index is -5.04. The lowest BCUT2D eigenvalue weighted by atomic mass is 10.1. The molecule has 0 radical (unpaired) electrons. The van der Waals surface area contributed by atoms with E-state index in [1.54, 1.807) is 4.90 Å². The summed E-state index contributed by atoms with van der Waals surface area (Å²) in [4.78, 5) is 30.2. The van der Waals surface area contributed by atoms with E-state index in [2.05, 4.69) is 15.0 Å². The fourth-order valence-corrected chi connectivity index (χ4v) is 5.81. The van der Waals surface area contributed by atoms with Gasteiger partial charge in [-0.05, 0) is 42.3 Å². The number of halogens is 4. The van der Waals surface area contributed by atoms with Gasteiger partial charge in [0.2, 0.25) is 0 Å². The fraction of sp³-hybridized carbons (Fsp3) is 0.375.